The first kappa shape index (κ1) is 11.7. The van der Waals surface area contributed by atoms with Crippen LogP contribution in [0.1, 0.15) is 33.6 Å². The van der Waals surface area contributed by atoms with Crippen molar-refractivity contribution < 1.29 is 10.2 Å². The van der Waals surface area contributed by atoms with Crippen LogP contribution >= 0.6 is 0 Å². The van der Waals surface area contributed by atoms with Crippen LogP contribution in [0.5, 0.6) is 0 Å². The summed E-state index contributed by atoms with van der Waals surface area (Å²) in [6.07, 6.45) is 1.70. The van der Waals surface area contributed by atoms with Crippen molar-refractivity contribution in [2.24, 2.45) is 0 Å². The molecule has 0 aromatic heterocycles. The quantitative estimate of drug-likeness (QED) is 0.595. The Labute approximate surface area is 57.5 Å². The van der Waals surface area contributed by atoms with Gasteiger partial charge in [0.15, 0.2) is 0 Å². The molecule has 0 spiro atoms. The van der Waals surface area contributed by atoms with Crippen LogP contribution in [0.4, 0.5) is 0 Å². The van der Waals surface area contributed by atoms with E-state index in [1.807, 2.05) is 20.8 Å². The molecule has 0 amide bonds. The van der Waals surface area contributed by atoms with Crippen LogP contribution in [0, 0.1) is 0 Å². The fraction of sp³-hybridized carbons (Fsp3) is 1.00. The molecule has 0 radical (unpaired) electrons. The second-order valence-electron chi connectivity index (χ2n) is 2.20. The molecule has 9 heavy (non-hydrogen) atoms. The van der Waals surface area contributed by atoms with Crippen molar-refractivity contribution in [2.75, 3.05) is 7.11 Å². The summed E-state index contributed by atoms with van der Waals surface area (Å²) in [7, 11) is 1.00. The number of aliphatic hydroxyl groups excluding tert-OH is 1. The Balaban J connectivity index is 0. The molecule has 0 atom stereocenters. The minimum Gasteiger partial charge on any atom is -0.400 e. The van der Waals surface area contributed by atoms with Crippen molar-refractivity contribution in [2.45, 2.75) is 39.2 Å². The van der Waals surface area contributed by atoms with Crippen LogP contribution < -0.4 is 0 Å². The van der Waals surface area contributed by atoms with Gasteiger partial charge in [-0.05, 0) is 19.8 Å². The maximum absolute atomic E-state index is 9.13. The van der Waals surface area contributed by atoms with Gasteiger partial charge in [-0.25, -0.2) is 0 Å². The largest absolute Gasteiger partial charge is 0.400 e. The highest BCUT2D eigenvalue weighted by Crippen LogP contribution is 2.11. The summed E-state index contributed by atoms with van der Waals surface area (Å²) in [4.78, 5) is 0. The standard InChI is InChI=1S/C6H14O.CH4O/c1-4-6(3,7)5-2;1-2/h7H,4-5H2,1-3H3;2H,1H3. The smallest absolute Gasteiger partial charge is 0.0614 e. The van der Waals surface area contributed by atoms with E-state index in [2.05, 4.69) is 0 Å². The van der Waals surface area contributed by atoms with Gasteiger partial charge in [-0.1, -0.05) is 13.8 Å². The molecule has 0 saturated heterocycles. The van der Waals surface area contributed by atoms with Crippen molar-refractivity contribution in [3.63, 3.8) is 0 Å². The topological polar surface area (TPSA) is 40.5 Å². The lowest BCUT2D eigenvalue weighted by Crippen LogP contribution is -2.20. The van der Waals surface area contributed by atoms with Gasteiger partial charge in [0, 0.05) is 7.11 Å². The molecule has 58 valence electrons. The Morgan fingerprint density at radius 3 is 1.33 bits per heavy atom. The van der Waals surface area contributed by atoms with E-state index in [9.17, 15) is 0 Å². The molecule has 2 heteroatoms. The summed E-state index contributed by atoms with van der Waals surface area (Å²) < 4.78 is 0. The van der Waals surface area contributed by atoms with E-state index < -0.39 is 5.60 Å². The van der Waals surface area contributed by atoms with Gasteiger partial charge in [-0.3, -0.25) is 0 Å². The van der Waals surface area contributed by atoms with Crippen LogP contribution in [0.15, 0.2) is 0 Å². The Bertz CT molecular complexity index is 44.9. The van der Waals surface area contributed by atoms with Crippen molar-refractivity contribution in [1.29, 1.82) is 0 Å². The SMILES string of the molecule is CCC(C)(O)CC.CO. The van der Waals surface area contributed by atoms with E-state index in [1.165, 1.54) is 0 Å². The van der Waals surface area contributed by atoms with Gasteiger partial charge in [0.05, 0.1) is 5.60 Å². The van der Waals surface area contributed by atoms with Gasteiger partial charge in [-0.15, -0.1) is 0 Å². The third-order valence-electron chi connectivity index (χ3n) is 1.52. The summed E-state index contributed by atoms with van der Waals surface area (Å²) in [5.41, 5.74) is -0.417. The minimum atomic E-state index is -0.417. The summed E-state index contributed by atoms with van der Waals surface area (Å²) in [5.74, 6) is 0. The molecule has 0 aliphatic rings. The van der Waals surface area contributed by atoms with E-state index in [0.29, 0.717) is 0 Å². The van der Waals surface area contributed by atoms with Gasteiger partial charge < -0.3 is 10.2 Å². The summed E-state index contributed by atoms with van der Waals surface area (Å²) in [6.45, 7) is 5.83. The minimum absolute atomic E-state index is 0.417. The van der Waals surface area contributed by atoms with Crippen LogP contribution in [-0.4, -0.2) is 22.9 Å². The number of aliphatic hydroxyl groups is 2. The highest BCUT2D eigenvalue weighted by atomic mass is 16.3. The lowest BCUT2D eigenvalue weighted by atomic mass is 10.0. The highest BCUT2D eigenvalue weighted by molar-refractivity contribution is 4.65. The zero-order chi connectivity index (χ0) is 7.91. The molecule has 0 aromatic rings. The first-order valence-corrected chi connectivity index (χ1v) is 3.29. The third kappa shape index (κ3) is 7.92. The van der Waals surface area contributed by atoms with Crippen molar-refractivity contribution in [3.8, 4) is 0 Å². The third-order valence-corrected chi connectivity index (χ3v) is 1.52. The Hall–Kier alpha value is -0.0800. The molecule has 0 aromatic carbocycles. The summed E-state index contributed by atoms with van der Waals surface area (Å²) in [5, 5.41) is 16.1. The van der Waals surface area contributed by atoms with E-state index >= 15 is 0 Å². The molecule has 0 unspecified atom stereocenters. The van der Waals surface area contributed by atoms with Crippen molar-refractivity contribution >= 4 is 0 Å². The average Bonchev–Trinajstić information content (AvgIpc) is 1.93. The monoisotopic (exact) mass is 134 g/mol. The predicted molar refractivity (Wildman–Crippen MR) is 39.3 cm³/mol. The zero-order valence-electron chi connectivity index (χ0n) is 6.81. The van der Waals surface area contributed by atoms with Crippen LogP contribution in [0.2, 0.25) is 0 Å². The Morgan fingerprint density at radius 1 is 1.11 bits per heavy atom. The van der Waals surface area contributed by atoms with Gasteiger partial charge in [0.25, 0.3) is 0 Å². The van der Waals surface area contributed by atoms with Crippen LogP contribution in [0.3, 0.4) is 0 Å². The highest BCUT2D eigenvalue weighted by Gasteiger charge is 2.12. The van der Waals surface area contributed by atoms with Crippen molar-refractivity contribution in [1.82, 2.24) is 0 Å². The van der Waals surface area contributed by atoms with E-state index in [4.69, 9.17) is 10.2 Å². The van der Waals surface area contributed by atoms with Crippen molar-refractivity contribution in [3.05, 3.63) is 0 Å². The molecule has 0 saturated carbocycles. The van der Waals surface area contributed by atoms with E-state index in [0.717, 1.165) is 20.0 Å². The first-order chi connectivity index (χ1) is 4.12. The van der Waals surface area contributed by atoms with Gasteiger partial charge >= 0.3 is 0 Å². The lowest BCUT2D eigenvalue weighted by molar-refractivity contribution is 0.0521. The number of rotatable bonds is 2. The fourth-order valence-corrected chi connectivity index (χ4v) is 0.250. The van der Waals surface area contributed by atoms with Crippen LogP contribution in [0.25, 0.3) is 0 Å². The molecule has 0 bridgehead atoms. The van der Waals surface area contributed by atoms with Gasteiger partial charge in [0.2, 0.25) is 0 Å². The van der Waals surface area contributed by atoms with E-state index in [-0.39, 0.29) is 0 Å². The number of hydrogen-bond acceptors (Lipinski definition) is 2. The molecular formula is C7H18O2. The molecule has 0 heterocycles. The fourth-order valence-electron chi connectivity index (χ4n) is 0.250. The zero-order valence-corrected chi connectivity index (χ0v) is 6.81. The normalized spacial score (nSPS) is 10.0. The second-order valence-corrected chi connectivity index (χ2v) is 2.20. The predicted octanol–water partition coefficient (Wildman–Crippen LogP) is 1.17. The average molecular weight is 134 g/mol. The lowest BCUT2D eigenvalue weighted by Gasteiger charge is -2.17. The maximum atomic E-state index is 9.13. The molecule has 0 rings (SSSR count). The first-order valence-electron chi connectivity index (χ1n) is 3.29. The van der Waals surface area contributed by atoms with Gasteiger partial charge in [-0.2, -0.15) is 0 Å². The molecule has 0 aliphatic carbocycles. The summed E-state index contributed by atoms with van der Waals surface area (Å²) >= 11 is 0. The van der Waals surface area contributed by atoms with E-state index in [1.54, 1.807) is 0 Å². The summed E-state index contributed by atoms with van der Waals surface area (Å²) in [6, 6.07) is 0. The Morgan fingerprint density at radius 2 is 1.33 bits per heavy atom. The molecular weight excluding hydrogens is 116 g/mol. The number of hydrogen-bond donors (Lipinski definition) is 2. The van der Waals surface area contributed by atoms with Crippen LogP contribution in [-0.2, 0) is 0 Å². The molecule has 0 fully saturated rings. The second kappa shape index (κ2) is 6.05. The Kier molecular flexibility index (Phi) is 7.85. The molecule has 2 N–H and O–H groups in total. The molecule has 0 aliphatic heterocycles. The van der Waals surface area contributed by atoms with Gasteiger partial charge in [0.1, 0.15) is 0 Å². The molecule has 2 nitrogen and oxygen atoms in total. The maximum Gasteiger partial charge on any atom is 0.0614 e.